The van der Waals surface area contributed by atoms with Crippen molar-refractivity contribution in [1.29, 1.82) is 0 Å². The second-order valence-corrected chi connectivity index (χ2v) is 7.24. The second-order valence-electron chi connectivity index (χ2n) is 7.24. The van der Waals surface area contributed by atoms with Gasteiger partial charge in [-0.2, -0.15) is 0 Å². The van der Waals surface area contributed by atoms with Crippen molar-refractivity contribution < 1.29 is 24.5 Å². The van der Waals surface area contributed by atoms with Gasteiger partial charge in [0.25, 0.3) is 0 Å². The number of rotatable bonds is 9. The molecule has 27 heavy (non-hydrogen) atoms. The molecule has 0 spiro atoms. The van der Waals surface area contributed by atoms with Gasteiger partial charge in [-0.15, -0.1) is 0 Å². The molecule has 1 aromatic carbocycles. The molecule has 0 aliphatic heterocycles. The summed E-state index contributed by atoms with van der Waals surface area (Å²) in [6, 6.07) is 9.02. The number of carbonyl (C=O) groups is 2. The largest absolute Gasteiger partial charge is 0.465 e. The summed E-state index contributed by atoms with van der Waals surface area (Å²) < 4.78 is 5.29. The van der Waals surface area contributed by atoms with Crippen molar-refractivity contribution in [3.63, 3.8) is 0 Å². The van der Waals surface area contributed by atoms with Crippen molar-refractivity contribution in [3.05, 3.63) is 48.0 Å². The van der Waals surface area contributed by atoms with Crippen LogP contribution in [0.1, 0.15) is 39.2 Å². The highest BCUT2D eigenvalue weighted by atomic mass is 16.6. The smallest absolute Gasteiger partial charge is 0.407 e. The van der Waals surface area contributed by atoms with Crippen molar-refractivity contribution in [2.45, 2.75) is 57.8 Å². The van der Waals surface area contributed by atoms with Crippen LogP contribution in [0.5, 0.6) is 0 Å². The Bertz CT molecular complexity index is 611. The maximum Gasteiger partial charge on any atom is 0.407 e. The molecule has 7 nitrogen and oxygen atoms in total. The van der Waals surface area contributed by atoms with E-state index in [0.29, 0.717) is 25.8 Å². The van der Waals surface area contributed by atoms with Gasteiger partial charge in [-0.3, -0.25) is 0 Å². The predicted molar refractivity (Wildman–Crippen MR) is 104 cm³/mol. The van der Waals surface area contributed by atoms with E-state index in [2.05, 4.69) is 10.6 Å². The third-order valence-electron chi connectivity index (χ3n) is 3.57. The zero-order chi connectivity index (χ0) is 20.3. The van der Waals surface area contributed by atoms with Gasteiger partial charge in [0.15, 0.2) is 0 Å². The van der Waals surface area contributed by atoms with Crippen molar-refractivity contribution >= 4 is 12.2 Å². The molecule has 2 atom stereocenters. The number of carbonyl (C=O) groups excluding carboxylic acids is 1. The van der Waals surface area contributed by atoms with Crippen LogP contribution in [-0.2, 0) is 11.2 Å². The monoisotopic (exact) mass is 378 g/mol. The van der Waals surface area contributed by atoms with E-state index in [0.717, 1.165) is 5.56 Å². The molecule has 150 valence electrons. The summed E-state index contributed by atoms with van der Waals surface area (Å²) in [5, 5.41) is 24.0. The number of allylic oxidation sites excluding steroid dienone is 1. The van der Waals surface area contributed by atoms with Crippen molar-refractivity contribution in [2.75, 3.05) is 6.54 Å². The Kier molecular flexibility index (Phi) is 9.36. The quantitative estimate of drug-likeness (QED) is 0.390. The molecule has 1 rings (SSSR count). The third kappa shape index (κ3) is 10.9. The van der Waals surface area contributed by atoms with E-state index in [1.165, 1.54) is 0 Å². The highest BCUT2D eigenvalue weighted by Crippen LogP contribution is 2.11. The summed E-state index contributed by atoms with van der Waals surface area (Å²) in [6.07, 6.45) is 2.55. The molecule has 0 saturated heterocycles. The summed E-state index contributed by atoms with van der Waals surface area (Å²) in [4.78, 5) is 22.5. The standard InChI is InChI=1S/C20H30N2O5/c1-20(2,3)27-19(26)22-16(14-15-10-6-4-7-11-15)17(23)12-8-5-9-13-21-18(24)25/h4,6-8,10-12,16-17,21,23H,5,9,13-14H2,1-3H3,(H,22,26)(H,24,25)/b12-8+/t16-,17+/m0/s1. The maximum atomic E-state index is 12.1. The molecule has 0 saturated carbocycles. The van der Waals surface area contributed by atoms with Gasteiger partial charge in [-0.1, -0.05) is 42.5 Å². The van der Waals surface area contributed by atoms with Gasteiger partial charge in [0.2, 0.25) is 0 Å². The van der Waals surface area contributed by atoms with Crippen LogP contribution >= 0.6 is 0 Å². The number of amides is 2. The van der Waals surface area contributed by atoms with Gasteiger partial charge in [0.1, 0.15) is 5.60 Å². The van der Waals surface area contributed by atoms with Gasteiger partial charge in [0, 0.05) is 6.54 Å². The highest BCUT2D eigenvalue weighted by molar-refractivity contribution is 5.68. The topological polar surface area (TPSA) is 108 Å². The second kappa shape index (κ2) is 11.2. The fourth-order valence-electron chi connectivity index (χ4n) is 2.37. The number of carboxylic acid groups (broad SMARTS) is 1. The molecule has 0 aromatic heterocycles. The molecule has 4 N–H and O–H groups in total. The van der Waals surface area contributed by atoms with E-state index in [9.17, 15) is 14.7 Å². The number of aliphatic hydroxyl groups is 1. The van der Waals surface area contributed by atoms with E-state index in [1.54, 1.807) is 32.9 Å². The Balaban J connectivity index is 2.65. The lowest BCUT2D eigenvalue weighted by Crippen LogP contribution is -2.46. The Morgan fingerprint density at radius 1 is 1.22 bits per heavy atom. The van der Waals surface area contributed by atoms with Gasteiger partial charge < -0.3 is 25.6 Å². The fraction of sp³-hybridized carbons (Fsp3) is 0.500. The molecule has 0 unspecified atom stereocenters. The molecule has 0 bridgehead atoms. The molecule has 0 aliphatic carbocycles. The Morgan fingerprint density at radius 2 is 1.89 bits per heavy atom. The van der Waals surface area contributed by atoms with Crippen LogP contribution in [0.2, 0.25) is 0 Å². The minimum Gasteiger partial charge on any atom is -0.465 e. The van der Waals surface area contributed by atoms with Crippen LogP contribution in [0.15, 0.2) is 42.5 Å². The van der Waals surface area contributed by atoms with Crippen LogP contribution in [0, 0.1) is 0 Å². The summed E-state index contributed by atoms with van der Waals surface area (Å²) in [7, 11) is 0. The van der Waals surface area contributed by atoms with Crippen molar-refractivity contribution in [1.82, 2.24) is 10.6 Å². The lowest BCUT2D eigenvalue weighted by Gasteiger charge is -2.25. The van der Waals surface area contributed by atoms with Crippen LogP contribution in [0.4, 0.5) is 9.59 Å². The molecule has 0 aliphatic rings. The number of unbranched alkanes of at least 4 members (excludes halogenated alkanes) is 1. The average molecular weight is 378 g/mol. The first-order valence-corrected chi connectivity index (χ1v) is 9.02. The lowest BCUT2D eigenvalue weighted by molar-refractivity contribution is 0.0455. The van der Waals surface area contributed by atoms with Crippen molar-refractivity contribution in [2.24, 2.45) is 0 Å². The first-order valence-electron chi connectivity index (χ1n) is 9.02. The molecule has 2 amide bonds. The summed E-state index contributed by atoms with van der Waals surface area (Å²) in [5.41, 5.74) is 0.357. The minimum atomic E-state index is -1.05. The zero-order valence-corrected chi connectivity index (χ0v) is 16.1. The van der Waals surface area contributed by atoms with E-state index < -0.39 is 29.9 Å². The van der Waals surface area contributed by atoms with Gasteiger partial charge in [-0.25, -0.2) is 9.59 Å². The lowest BCUT2D eigenvalue weighted by atomic mass is 10.0. The molecule has 1 aromatic rings. The van der Waals surface area contributed by atoms with Gasteiger partial charge >= 0.3 is 12.2 Å². The van der Waals surface area contributed by atoms with Gasteiger partial charge in [0.05, 0.1) is 12.1 Å². The van der Waals surface area contributed by atoms with Gasteiger partial charge in [-0.05, 0) is 45.6 Å². The van der Waals surface area contributed by atoms with Crippen LogP contribution in [0.3, 0.4) is 0 Å². The van der Waals surface area contributed by atoms with E-state index >= 15 is 0 Å². The maximum absolute atomic E-state index is 12.1. The predicted octanol–water partition coefficient (Wildman–Crippen LogP) is 3.09. The first-order chi connectivity index (χ1) is 12.7. The number of ether oxygens (including phenoxy) is 1. The normalized spacial score (nSPS) is 13.8. The summed E-state index contributed by atoms with van der Waals surface area (Å²) >= 11 is 0. The van der Waals surface area contributed by atoms with Crippen LogP contribution in [-0.4, -0.2) is 46.7 Å². The zero-order valence-electron chi connectivity index (χ0n) is 16.1. The van der Waals surface area contributed by atoms with Crippen LogP contribution in [0.25, 0.3) is 0 Å². The number of aliphatic hydroxyl groups excluding tert-OH is 1. The number of hydrogen-bond donors (Lipinski definition) is 4. The van der Waals surface area contributed by atoms with Crippen molar-refractivity contribution in [3.8, 4) is 0 Å². The minimum absolute atomic E-state index is 0.347. The summed E-state index contributed by atoms with van der Waals surface area (Å²) in [6.45, 7) is 5.68. The summed E-state index contributed by atoms with van der Waals surface area (Å²) in [5.74, 6) is 0. The average Bonchev–Trinajstić information content (AvgIpc) is 2.56. The molecule has 7 heteroatoms. The molecule has 0 heterocycles. The Labute approximate surface area is 160 Å². The molecular weight excluding hydrogens is 348 g/mol. The Morgan fingerprint density at radius 3 is 2.48 bits per heavy atom. The molecule has 0 fully saturated rings. The molecule has 0 radical (unpaired) electrons. The number of alkyl carbamates (subject to hydrolysis) is 1. The SMILES string of the molecule is CC(C)(C)OC(=O)N[C@@H](Cc1ccccc1)[C@H](O)/C=C/CCCNC(=O)O. The van der Waals surface area contributed by atoms with Crippen LogP contribution < -0.4 is 10.6 Å². The van der Waals surface area contributed by atoms with E-state index in [4.69, 9.17) is 9.84 Å². The number of hydrogen-bond acceptors (Lipinski definition) is 4. The number of benzene rings is 1. The number of nitrogens with one attached hydrogen (secondary N) is 2. The fourth-order valence-corrected chi connectivity index (χ4v) is 2.37. The third-order valence-corrected chi connectivity index (χ3v) is 3.57. The first kappa shape index (κ1) is 22.5. The Hall–Kier alpha value is -2.54. The van der Waals surface area contributed by atoms with E-state index in [1.807, 2.05) is 30.3 Å². The molecular formula is C20H30N2O5. The highest BCUT2D eigenvalue weighted by Gasteiger charge is 2.23. The van der Waals surface area contributed by atoms with E-state index in [-0.39, 0.29) is 0 Å².